The molecule has 0 aromatic carbocycles. The fraction of sp³-hybridized carbons (Fsp3) is 0.500. The van der Waals surface area contributed by atoms with Gasteiger partial charge in [-0.1, -0.05) is 0 Å². The molecule has 0 unspecified atom stereocenters. The van der Waals surface area contributed by atoms with E-state index in [-0.39, 0.29) is 0 Å². The van der Waals surface area contributed by atoms with E-state index >= 15 is 0 Å². The Morgan fingerprint density at radius 2 is 2.00 bits per heavy atom. The second-order valence-corrected chi connectivity index (χ2v) is 3.96. The quantitative estimate of drug-likeness (QED) is 0.530. The Kier molecular flexibility index (Phi) is 2.43. The molecule has 0 N–H and O–H groups in total. The number of hydrogen-bond donors (Lipinski definition) is 0. The largest absolute Gasteiger partial charge is 0.125 e. The van der Waals surface area contributed by atoms with E-state index in [9.17, 15) is 0 Å². The molecule has 0 fully saturated rings. The molecule has 0 radical (unpaired) electrons. The van der Waals surface area contributed by atoms with Crippen molar-refractivity contribution in [3.05, 3.63) is 10.8 Å². The summed E-state index contributed by atoms with van der Waals surface area (Å²) in [6.07, 6.45) is 0. The van der Waals surface area contributed by atoms with Gasteiger partial charge in [-0.2, -0.15) is 0 Å². The highest BCUT2D eigenvalue weighted by molar-refractivity contribution is 8.22. The molecule has 0 aliphatic carbocycles. The summed E-state index contributed by atoms with van der Waals surface area (Å²) >= 11 is 9.11. The summed E-state index contributed by atoms with van der Waals surface area (Å²) in [5.74, 6) is 0.752. The second kappa shape index (κ2) is 2.90. The maximum Gasteiger partial charge on any atom is 0.0720 e. The van der Waals surface area contributed by atoms with E-state index in [2.05, 4.69) is 10.8 Å². The Bertz CT molecular complexity index is 73.8. The number of halogens is 1. The molecule has 1 heterocycles. The molecule has 1 rings (SSSR count). The molecule has 0 nitrogen and oxygen atoms in total. The van der Waals surface area contributed by atoms with E-state index in [1.807, 2.05) is 0 Å². The van der Waals surface area contributed by atoms with Crippen molar-refractivity contribution >= 4 is 35.1 Å². The third kappa shape index (κ3) is 1.59. The van der Waals surface area contributed by atoms with Crippen LogP contribution in [0.5, 0.6) is 0 Å². The molecule has 0 aromatic heterocycles. The Morgan fingerprint density at radius 1 is 1.43 bits per heavy atom. The van der Waals surface area contributed by atoms with Crippen LogP contribution in [0.15, 0.2) is 10.8 Å². The predicted molar refractivity (Wildman–Crippen MR) is 38.8 cm³/mol. The Balaban J connectivity index is 2.22. The Morgan fingerprint density at radius 3 is 2.29 bits per heavy atom. The molecule has 0 spiro atoms. The molecule has 0 atom stereocenters. The van der Waals surface area contributed by atoms with Gasteiger partial charge in [0.15, 0.2) is 0 Å². The monoisotopic (exact) mass is 152 g/mol. The summed E-state index contributed by atoms with van der Waals surface area (Å²) in [4.78, 5) is 0. The van der Waals surface area contributed by atoms with Gasteiger partial charge in [-0.15, -0.1) is 35.1 Å². The van der Waals surface area contributed by atoms with E-state index in [0.717, 1.165) is 5.88 Å². The van der Waals surface area contributed by atoms with Crippen LogP contribution in [-0.4, -0.2) is 10.5 Å². The lowest BCUT2D eigenvalue weighted by Gasteiger charge is -1.97. The van der Waals surface area contributed by atoms with Gasteiger partial charge < -0.3 is 0 Å². The molecule has 0 amide bonds. The summed E-state index contributed by atoms with van der Waals surface area (Å²) < 4.78 is 0.585. The topological polar surface area (TPSA) is 0 Å². The smallest absolute Gasteiger partial charge is 0.0720 e. The van der Waals surface area contributed by atoms with Crippen molar-refractivity contribution in [2.45, 2.75) is 4.58 Å². The van der Waals surface area contributed by atoms with Crippen molar-refractivity contribution in [3.63, 3.8) is 0 Å². The van der Waals surface area contributed by atoms with Gasteiger partial charge in [0.25, 0.3) is 0 Å². The summed E-state index contributed by atoms with van der Waals surface area (Å²) in [7, 11) is 0. The summed E-state index contributed by atoms with van der Waals surface area (Å²) in [6.45, 7) is 0. The average molecular weight is 153 g/mol. The van der Waals surface area contributed by atoms with Crippen LogP contribution in [0.2, 0.25) is 0 Å². The van der Waals surface area contributed by atoms with Crippen LogP contribution >= 0.6 is 35.1 Å². The lowest BCUT2D eigenvalue weighted by atomic mass is 10.9. The molecule has 7 heavy (non-hydrogen) atoms. The minimum absolute atomic E-state index is 0.585. The minimum atomic E-state index is 0.585. The molecule has 0 bridgehead atoms. The van der Waals surface area contributed by atoms with Gasteiger partial charge in [-0.05, 0) is 10.8 Å². The first-order chi connectivity index (χ1) is 3.43. The molecular formula is C4H5ClS2. The van der Waals surface area contributed by atoms with E-state index in [1.54, 1.807) is 23.5 Å². The zero-order valence-corrected chi connectivity index (χ0v) is 6.02. The van der Waals surface area contributed by atoms with Crippen molar-refractivity contribution in [2.24, 2.45) is 0 Å². The van der Waals surface area contributed by atoms with Crippen LogP contribution in [0.25, 0.3) is 0 Å². The van der Waals surface area contributed by atoms with Gasteiger partial charge in [-0.25, -0.2) is 0 Å². The molecule has 1 aliphatic heterocycles. The van der Waals surface area contributed by atoms with Gasteiger partial charge in [0.2, 0.25) is 0 Å². The second-order valence-electron chi connectivity index (χ2n) is 1.13. The standard InChI is InChI=1S/C4H5ClS2/c5-3-4-6-1-2-7-4/h1-2,4H,3H2. The Labute approximate surface area is 56.7 Å². The van der Waals surface area contributed by atoms with E-state index in [0.29, 0.717) is 4.58 Å². The maximum absolute atomic E-state index is 5.53. The molecule has 40 valence electrons. The third-order valence-electron chi connectivity index (χ3n) is 0.642. The highest BCUT2D eigenvalue weighted by Gasteiger charge is 2.07. The highest BCUT2D eigenvalue weighted by Crippen LogP contribution is 2.33. The number of hydrogen-bond acceptors (Lipinski definition) is 2. The van der Waals surface area contributed by atoms with Crippen LogP contribution in [0.4, 0.5) is 0 Å². The number of thioether (sulfide) groups is 2. The van der Waals surface area contributed by atoms with Crippen LogP contribution in [0.3, 0.4) is 0 Å². The van der Waals surface area contributed by atoms with Crippen molar-refractivity contribution in [2.75, 3.05) is 5.88 Å². The van der Waals surface area contributed by atoms with Crippen molar-refractivity contribution in [1.29, 1.82) is 0 Å². The minimum Gasteiger partial charge on any atom is -0.125 e. The lowest BCUT2D eigenvalue weighted by Crippen LogP contribution is -1.89. The summed E-state index contributed by atoms with van der Waals surface area (Å²) in [6, 6.07) is 0. The fourth-order valence-electron chi connectivity index (χ4n) is 0.344. The zero-order chi connectivity index (χ0) is 5.11. The van der Waals surface area contributed by atoms with Crippen LogP contribution in [0.1, 0.15) is 0 Å². The first-order valence-corrected chi connectivity index (χ1v) is 4.37. The summed E-state index contributed by atoms with van der Waals surface area (Å²) in [5, 5.41) is 4.16. The Hall–Kier alpha value is 0.730. The fourth-order valence-corrected chi connectivity index (χ4v) is 2.43. The van der Waals surface area contributed by atoms with Crippen molar-refractivity contribution < 1.29 is 0 Å². The van der Waals surface area contributed by atoms with Crippen LogP contribution in [-0.2, 0) is 0 Å². The first-order valence-electron chi connectivity index (χ1n) is 1.95. The van der Waals surface area contributed by atoms with Crippen LogP contribution in [0, 0.1) is 0 Å². The predicted octanol–water partition coefficient (Wildman–Crippen LogP) is 2.50. The molecule has 0 aromatic rings. The molecule has 1 aliphatic rings. The number of rotatable bonds is 1. The van der Waals surface area contributed by atoms with Crippen LogP contribution < -0.4 is 0 Å². The molecular weight excluding hydrogens is 148 g/mol. The maximum atomic E-state index is 5.53. The third-order valence-corrected chi connectivity index (χ3v) is 3.68. The molecule has 3 heteroatoms. The van der Waals surface area contributed by atoms with Crippen molar-refractivity contribution in [1.82, 2.24) is 0 Å². The highest BCUT2D eigenvalue weighted by atomic mass is 35.5. The first kappa shape index (κ1) is 5.86. The summed E-state index contributed by atoms with van der Waals surface area (Å²) in [5.41, 5.74) is 0. The number of alkyl halides is 1. The van der Waals surface area contributed by atoms with Gasteiger partial charge in [0.1, 0.15) is 0 Å². The zero-order valence-electron chi connectivity index (χ0n) is 3.63. The molecule has 0 saturated heterocycles. The average Bonchev–Trinajstić information content (AvgIpc) is 2.14. The molecule has 0 saturated carbocycles. The van der Waals surface area contributed by atoms with E-state index in [4.69, 9.17) is 11.6 Å². The van der Waals surface area contributed by atoms with Gasteiger partial charge >= 0.3 is 0 Å². The normalized spacial score (nSPS) is 21.3. The van der Waals surface area contributed by atoms with Gasteiger partial charge in [0.05, 0.1) is 4.58 Å². The van der Waals surface area contributed by atoms with Gasteiger partial charge in [0, 0.05) is 5.88 Å². The van der Waals surface area contributed by atoms with E-state index in [1.165, 1.54) is 0 Å². The lowest BCUT2D eigenvalue weighted by molar-refractivity contribution is 1.45. The SMILES string of the molecule is ClCC1SC=CS1. The van der Waals surface area contributed by atoms with E-state index < -0.39 is 0 Å². The van der Waals surface area contributed by atoms with Crippen molar-refractivity contribution in [3.8, 4) is 0 Å². The van der Waals surface area contributed by atoms with Gasteiger partial charge in [-0.3, -0.25) is 0 Å².